The molecule has 2 N–H and O–H groups in total. The lowest BCUT2D eigenvalue weighted by atomic mass is 9.95. The number of nitrogens with zero attached hydrogens (tertiary/aromatic N) is 1. The number of hydrogen-bond acceptors (Lipinski definition) is 3. The van der Waals surface area contributed by atoms with Crippen molar-refractivity contribution in [1.29, 1.82) is 0 Å². The van der Waals surface area contributed by atoms with E-state index in [0.29, 0.717) is 5.92 Å². The maximum atomic E-state index is 10.4. The Balaban J connectivity index is 1.67. The minimum atomic E-state index is -0.477. The smallest absolute Gasteiger partial charge is 0.0949 e. The molecule has 0 amide bonds. The van der Waals surface area contributed by atoms with Gasteiger partial charge in [0, 0.05) is 38.6 Å². The van der Waals surface area contributed by atoms with Crippen molar-refractivity contribution in [3.63, 3.8) is 0 Å². The van der Waals surface area contributed by atoms with Crippen molar-refractivity contribution >= 4 is 0 Å². The summed E-state index contributed by atoms with van der Waals surface area (Å²) in [7, 11) is 0. The van der Waals surface area contributed by atoms with Gasteiger partial charge in [0.05, 0.1) is 5.60 Å². The molecule has 2 aliphatic rings. The second kappa shape index (κ2) is 3.84. The number of benzene rings is 1. The van der Waals surface area contributed by atoms with E-state index in [1.165, 1.54) is 5.56 Å². The average Bonchev–Trinajstić information content (AvgIpc) is 2.74. The maximum Gasteiger partial charge on any atom is 0.0949 e. The van der Waals surface area contributed by atoms with Crippen molar-refractivity contribution in [2.24, 2.45) is 5.92 Å². The highest BCUT2D eigenvalue weighted by Crippen LogP contribution is 2.31. The molecular weight excluding hydrogens is 200 g/mol. The molecule has 3 nitrogen and oxygen atoms in total. The number of likely N-dealkylation sites (tertiary alicyclic amines) is 1. The van der Waals surface area contributed by atoms with Crippen LogP contribution in [0.25, 0.3) is 0 Å². The van der Waals surface area contributed by atoms with Gasteiger partial charge in [0.25, 0.3) is 0 Å². The second-order valence-corrected chi connectivity index (χ2v) is 5.09. The van der Waals surface area contributed by atoms with E-state index in [1.807, 2.05) is 6.07 Å². The van der Waals surface area contributed by atoms with Crippen LogP contribution in [-0.4, -0.2) is 41.8 Å². The summed E-state index contributed by atoms with van der Waals surface area (Å²) < 4.78 is 0. The van der Waals surface area contributed by atoms with Crippen LogP contribution in [0.2, 0.25) is 0 Å². The van der Waals surface area contributed by atoms with E-state index in [9.17, 15) is 5.11 Å². The average molecular weight is 218 g/mol. The van der Waals surface area contributed by atoms with E-state index in [-0.39, 0.29) is 0 Å². The van der Waals surface area contributed by atoms with Gasteiger partial charge in [0.2, 0.25) is 0 Å². The summed E-state index contributed by atoms with van der Waals surface area (Å²) in [6, 6.07) is 10.5. The number of aliphatic hydroxyl groups is 1. The van der Waals surface area contributed by atoms with Crippen molar-refractivity contribution in [1.82, 2.24) is 10.2 Å². The summed E-state index contributed by atoms with van der Waals surface area (Å²) in [5, 5.41) is 13.6. The monoisotopic (exact) mass is 218 g/mol. The number of hydrogen-bond donors (Lipinski definition) is 2. The Morgan fingerprint density at radius 1 is 1.38 bits per heavy atom. The van der Waals surface area contributed by atoms with Crippen molar-refractivity contribution in [2.75, 3.05) is 26.2 Å². The van der Waals surface area contributed by atoms with Crippen LogP contribution in [0.4, 0.5) is 0 Å². The topological polar surface area (TPSA) is 35.5 Å². The van der Waals surface area contributed by atoms with Crippen LogP contribution in [0.5, 0.6) is 0 Å². The SMILES string of the molecule is O[C@@]12CNC[C@@H]1CN(Cc1ccccc1)C2. The van der Waals surface area contributed by atoms with Crippen molar-refractivity contribution < 1.29 is 5.11 Å². The quantitative estimate of drug-likeness (QED) is 0.756. The normalized spacial score (nSPS) is 34.2. The Morgan fingerprint density at radius 2 is 2.19 bits per heavy atom. The zero-order chi connectivity index (χ0) is 11.0. The number of rotatable bonds is 2. The lowest BCUT2D eigenvalue weighted by Crippen LogP contribution is -2.39. The van der Waals surface area contributed by atoms with Crippen LogP contribution in [0.3, 0.4) is 0 Å². The fourth-order valence-corrected chi connectivity index (χ4v) is 2.94. The first-order valence-electron chi connectivity index (χ1n) is 5.96. The number of β-amino-alcohol motifs (C(OH)–C–C–N with tert-alkyl or cyclic N) is 1. The Labute approximate surface area is 96.1 Å². The molecule has 86 valence electrons. The molecule has 2 heterocycles. The Morgan fingerprint density at radius 3 is 2.94 bits per heavy atom. The van der Waals surface area contributed by atoms with E-state index >= 15 is 0 Å². The standard InChI is InChI=1S/C13H18N2O/c16-13-9-14-6-12(13)8-15(10-13)7-11-4-2-1-3-5-11/h1-5,12,14,16H,6-10H2/t12-,13-/m1/s1. The van der Waals surface area contributed by atoms with E-state index in [2.05, 4.69) is 34.5 Å². The van der Waals surface area contributed by atoms with E-state index in [0.717, 1.165) is 32.7 Å². The lowest BCUT2D eigenvalue weighted by Gasteiger charge is -2.21. The first-order chi connectivity index (χ1) is 7.76. The zero-order valence-electron chi connectivity index (χ0n) is 9.39. The van der Waals surface area contributed by atoms with Crippen molar-refractivity contribution in [3.8, 4) is 0 Å². The third-order valence-electron chi connectivity index (χ3n) is 3.81. The van der Waals surface area contributed by atoms with Gasteiger partial charge in [-0.3, -0.25) is 4.90 Å². The number of nitrogens with one attached hydrogen (secondary N) is 1. The summed E-state index contributed by atoms with van der Waals surface area (Å²) in [5.74, 6) is 0.413. The highest BCUT2D eigenvalue weighted by Gasteiger charge is 2.47. The first kappa shape index (κ1) is 10.3. The van der Waals surface area contributed by atoms with Gasteiger partial charge in [-0.15, -0.1) is 0 Å². The highest BCUT2D eigenvalue weighted by atomic mass is 16.3. The van der Waals surface area contributed by atoms with E-state index in [4.69, 9.17) is 0 Å². The Hall–Kier alpha value is -0.900. The predicted molar refractivity (Wildman–Crippen MR) is 63.0 cm³/mol. The van der Waals surface area contributed by atoms with Crippen molar-refractivity contribution in [2.45, 2.75) is 12.1 Å². The minimum absolute atomic E-state index is 0.413. The molecule has 0 radical (unpaired) electrons. The Kier molecular flexibility index (Phi) is 2.46. The molecule has 2 atom stereocenters. The Bertz CT molecular complexity index is 367. The summed E-state index contributed by atoms with van der Waals surface area (Å²) in [4.78, 5) is 2.36. The molecule has 2 aliphatic heterocycles. The molecule has 0 bridgehead atoms. The molecule has 0 unspecified atom stereocenters. The summed E-state index contributed by atoms with van der Waals surface area (Å²) in [6.07, 6.45) is 0. The molecule has 2 fully saturated rings. The highest BCUT2D eigenvalue weighted by molar-refractivity contribution is 5.15. The predicted octanol–water partition coefficient (Wildman–Crippen LogP) is 0.453. The number of fused-ring (bicyclic) bond motifs is 1. The largest absolute Gasteiger partial charge is 0.387 e. The van der Waals surface area contributed by atoms with Gasteiger partial charge in [0.1, 0.15) is 0 Å². The molecule has 3 rings (SSSR count). The fourth-order valence-electron chi connectivity index (χ4n) is 2.94. The van der Waals surface area contributed by atoms with Crippen LogP contribution in [0.1, 0.15) is 5.56 Å². The second-order valence-electron chi connectivity index (χ2n) is 5.09. The summed E-state index contributed by atoms with van der Waals surface area (Å²) >= 11 is 0. The van der Waals surface area contributed by atoms with Gasteiger partial charge in [-0.05, 0) is 5.56 Å². The molecular formula is C13H18N2O. The van der Waals surface area contributed by atoms with Gasteiger partial charge in [-0.1, -0.05) is 30.3 Å². The molecule has 16 heavy (non-hydrogen) atoms. The van der Waals surface area contributed by atoms with Crippen LogP contribution >= 0.6 is 0 Å². The van der Waals surface area contributed by atoms with Gasteiger partial charge in [0.15, 0.2) is 0 Å². The molecule has 1 aromatic carbocycles. The van der Waals surface area contributed by atoms with E-state index < -0.39 is 5.60 Å². The van der Waals surface area contributed by atoms with Crippen LogP contribution in [0.15, 0.2) is 30.3 Å². The lowest BCUT2D eigenvalue weighted by molar-refractivity contribution is 0.0440. The summed E-state index contributed by atoms with van der Waals surface area (Å²) in [6.45, 7) is 4.49. The van der Waals surface area contributed by atoms with Gasteiger partial charge in [-0.2, -0.15) is 0 Å². The van der Waals surface area contributed by atoms with Crippen LogP contribution in [0, 0.1) is 5.92 Å². The minimum Gasteiger partial charge on any atom is -0.387 e. The first-order valence-corrected chi connectivity index (χ1v) is 5.96. The molecule has 0 spiro atoms. The van der Waals surface area contributed by atoms with Gasteiger partial charge in [-0.25, -0.2) is 0 Å². The van der Waals surface area contributed by atoms with E-state index in [1.54, 1.807) is 0 Å². The van der Waals surface area contributed by atoms with Gasteiger partial charge >= 0.3 is 0 Å². The summed E-state index contributed by atoms with van der Waals surface area (Å²) in [5.41, 5.74) is 0.855. The van der Waals surface area contributed by atoms with Crippen molar-refractivity contribution in [3.05, 3.63) is 35.9 Å². The molecule has 0 aromatic heterocycles. The third-order valence-corrected chi connectivity index (χ3v) is 3.81. The van der Waals surface area contributed by atoms with Crippen LogP contribution in [-0.2, 0) is 6.54 Å². The maximum absolute atomic E-state index is 10.4. The molecule has 1 aromatic rings. The zero-order valence-corrected chi connectivity index (χ0v) is 9.39. The molecule has 0 saturated carbocycles. The molecule has 2 saturated heterocycles. The van der Waals surface area contributed by atoms with Gasteiger partial charge < -0.3 is 10.4 Å². The van der Waals surface area contributed by atoms with Crippen LogP contribution < -0.4 is 5.32 Å². The fraction of sp³-hybridized carbons (Fsp3) is 0.538. The molecule has 0 aliphatic carbocycles. The molecule has 3 heteroatoms. The third kappa shape index (κ3) is 1.75.